The number of hydrogen-bond donors (Lipinski definition) is 2. The minimum atomic E-state index is -0.959. The Kier molecular flexibility index (Phi) is 5.73. The molecule has 1 aromatic carbocycles. The highest BCUT2D eigenvalue weighted by Gasteiger charge is 2.20. The van der Waals surface area contributed by atoms with Gasteiger partial charge < -0.3 is 20.5 Å². The van der Waals surface area contributed by atoms with Gasteiger partial charge in [0.25, 0.3) is 5.91 Å². The van der Waals surface area contributed by atoms with Crippen LogP contribution in [0.5, 0.6) is 5.75 Å². The quantitative estimate of drug-likeness (QED) is 0.779. The van der Waals surface area contributed by atoms with Gasteiger partial charge in [-0.2, -0.15) is 0 Å². The van der Waals surface area contributed by atoms with Gasteiger partial charge in [-0.3, -0.25) is 9.78 Å². The number of pyridine rings is 1. The molecule has 126 valence electrons. The first kappa shape index (κ1) is 17.3. The lowest BCUT2D eigenvalue weighted by atomic mass is 10.2. The summed E-state index contributed by atoms with van der Waals surface area (Å²) in [6.07, 6.45) is 1.82. The highest BCUT2D eigenvalue weighted by Crippen LogP contribution is 2.17. The van der Waals surface area contributed by atoms with Crippen LogP contribution in [0.15, 0.2) is 42.7 Å². The molecule has 7 nitrogen and oxygen atoms in total. The highest BCUT2D eigenvalue weighted by molar-refractivity contribution is 5.96. The predicted molar refractivity (Wildman–Crippen MR) is 88.4 cm³/mol. The van der Waals surface area contributed by atoms with Gasteiger partial charge in [0.2, 0.25) is 0 Å². The maximum atomic E-state index is 12.1. The molecule has 0 saturated carbocycles. The second kappa shape index (κ2) is 7.96. The van der Waals surface area contributed by atoms with Crippen molar-refractivity contribution < 1.29 is 19.1 Å². The Morgan fingerprint density at radius 3 is 2.75 bits per heavy atom. The summed E-state index contributed by atoms with van der Waals surface area (Å²) >= 11 is 0. The molecule has 0 bridgehead atoms. The number of esters is 1. The number of benzene rings is 1. The number of para-hydroxylation sites is 1. The summed E-state index contributed by atoms with van der Waals surface area (Å²) < 4.78 is 10.4. The van der Waals surface area contributed by atoms with Gasteiger partial charge in [-0.05, 0) is 19.1 Å². The number of anilines is 1. The first-order valence-corrected chi connectivity index (χ1v) is 7.33. The predicted octanol–water partition coefficient (Wildman–Crippen LogP) is 1.53. The summed E-state index contributed by atoms with van der Waals surface area (Å²) in [6, 6.07) is 8.77. The van der Waals surface area contributed by atoms with Crippen LogP contribution in [-0.2, 0) is 16.1 Å². The largest absolute Gasteiger partial charge is 0.496 e. The Hall–Kier alpha value is -3.09. The summed E-state index contributed by atoms with van der Waals surface area (Å²) in [7, 11) is 1.56. The van der Waals surface area contributed by atoms with Crippen LogP contribution in [0, 0.1) is 0 Å². The second-order valence-corrected chi connectivity index (χ2v) is 5.04. The molecule has 0 saturated heterocycles. The Balaban J connectivity index is 1.93. The van der Waals surface area contributed by atoms with E-state index in [1.165, 1.54) is 25.4 Å². The number of nitrogen functional groups attached to an aromatic ring is 1. The van der Waals surface area contributed by atoms with E-state index in [4.69, 9.17) is 15.2 Å². The molecule has 0 aliphatic heterocycles. The average Bonchev–Trinajstić information content (AvgIpc) is 2.60. The number of nitrogens with one attached hydrogen (secondary N) is 1. The Labute approximate surface area is 139 Å². The van der Waals surface area contributed by atoms with Crippen LogP contribution in [0.1, 0.15) is 22.8 Å². The molecule has 0 fully saturated rings. The van der Waals surface area contributed by atoms with Crippen LogP contribution < -0.4 is 15.8 Å². The fourth-order valence-electron chi connectivity index (χ4n) is 2.05. The second-order valence-electron chi connectivity index (χ2n) is 5.04. The first-order valence-electron chi connectivity index (χ1n) is 7.33. The van der Waals surface area contributed by atoms with Crippen molar-refractivity contribution in [1.82, 2.24) is 10.3 Å². The van der Waals surface area contributed by atoms with Crippen LogP contribution >= 0.6 is 0 Å². The number of nitrogens with zero attached hydrogens (tertiary/aromatic N) is 1. The monoisotopic (exact) mass is 329 g/mol. The van der Waals surface area contributed by atoms with E-state index in [1.807, 2.05) is 18.2 Å². The molecule has 0 unspecified atom stereocenters. The van der Waals surface area contributed by atoms with Crippen molar-refractivity contribution in [2.24, 2.45) is 0 Å². The zero-order valence-corrected chi connectivity index (χ0v) is 13.5. The molecule has 0 radical (unpaired) electrons. The lowest BCUT2D eigenvalue weighted by Gasteiger charge is -2.15. The molecule has 2 aromatic rings. The lowest BCUT2D eigenvalue weighted by molar-refractivity contribution is -0.129. The third kappa shape index (κ3) is 4.22. The molecular weight excluding hydrogens is 310 g/mol. The summed E-state index contributed by atoms with van der Waals surface area (Å²) in [5.74, 6) is -0.413. The van der Waals surface area contributed by atoms with E-state index in [0.717, 1.165) is 5.56 Å². The molecule has 0 aliphatic rings. The molecular formula is C17H19N3O4. The van der Waals surface area contributed by atoms with Crippen LogP contribution in [0.2, 0.25) is 0 Å². The minimum Gasteiger partial charge on any atom is -0.496 e. The standard InChI is InChI=1S/C17H19N3O4/c1-11(24-17(22)13-7-8-19-10-14(13)18)16(21)20-9-12-5-3-4-6-15(12)23-2/h3-8,10-11H,9,18H2,1-2H3,(H,20,21)/t11-/m1/s1. The number of carbonyl (C=O) groups is 2. The molecule has 24 heavy (non-hydrogen) atoms. The molecule has 2 rings (SSSR count). The third-order valence-electron chi connectivity index (χ3n) is 3.37. The summed E-state index contributed by atoms with van der Waals surface area (Å²) in [5.41, 5.74) is 6.86. The smallest absolute Gasteiger partial charge is 0.341 e. The summed E-state index contributed by atoms with van der Waals surface area (Å²) in [4.78, 5) is 27.9. The fraction of sp³-hybridized carbons (Fsp3) is 0.235. The van der Waals surface area contributed by atoms with Crippen molar-refractivity contribution in [1.29, 1.82) is 0 Å². The molecule has 0 spiro atoms. The van der Waals surface area contributed by atoms with Gasteiger partial charge in [-0.1, -0.05) is 18.2 Å². The van der Waals surface area contributed by atoms with Crippen LogP contribution in [0.3, 0.4) is 0 Å². The van der Waals surface area contributed by atoms with Crippen LogP contribution in [-0.4, -0.2) is 30.1 Å². The molecule has 3 N–H and O–H groups in total. The number of aromatic nitrogens is 1. The van der Waals surface area contributed by atoms with Crippen LogP contribution in [0.4, 0.5) is 5.69 Å². The Morgan fingerprint density at radius 1 is 1.29 bits per heavy atom. The van der Waals surface area contributed by atoms with E-state index >= 15 is 0 Å². The van der Waals surface area contributed by atoms with Crippen molar-refractivity contribution in [2.45, 2.75) is 19.6 Å². The van der Waals surface area contributed by atoms with Crippen molar-refractivity contribution in [3.05, 3.63) is 53.9 Å². The van der Waals surface area contributed by atoms with Crippen molar-refractivity contribution in [2.75, 3.05) is 12.8 Å². The SMILES string of the molecule is COc1ccccc1CNC(=O)[C@@H](C)OC(=O)c1ccncc1N. The van der Waals surface area contributed by atoms with E-state index in [0.29, 0.717) is 5.75 Å². The van der Waals surface area contributed by atoms with Gasteiger partial charge in [-0.15, -0.1) is 0 Å². The van der Waals surface area contributed by atoms with Crippen molar-refractivity contribution >= 4 is 17.6 Å². The average molecular weight is 329 g/mol. The topological polar surface area (TPSA) is 104 Å². The maximum Gasteiger partial charge on any atom is 0.341 e. The van der Waals surface area contributed by atoms with Gasteiger partial charge in [0.1, 0.15) is 5.75 Å². The van der Waals surface area contributed by atoms with Crippen LogP contribution in [0.25, 0.3) is 0 Å². The Bertz CT molecular complexity index is 733. The molecule has 7 heteroatoms. The number of methoxy groups -OCH3 is 1. The van der Waals surface area contributed by atoms with Crippen molar-refractivity contribution in [3.8, 4) is 5.75 Å². The van der Waals surface area contributed by atoms with Gasteiger partial charge in [0.15, 0.2) is 6.10 Å². The van der Waals surface area contributed by atoms with Gasteiger partial charge in [-0.25, -0.2) is 4.79 Å². The first-order chi connectivity index (χ1) is 11.5. The van der Waals surface area contributed by atoms with Gasteiger partial charge in [0, 0.05) is 18.3 Å². The fourth-order valence-corrected chi connectivity index (χ4v) is 2.05. The van der Waals surface area contributed by atoms with Crippen molar-refractivity contribution in [3.63, 3.8) is 0 Å². The number of hydrogen-bond acceptors (Lipinski definition) is 6. The third-order valence-corrected chi connectivity index (χ3v) is 3.37. The normalized spacial score (nSPS) is 11.4. The molecule has 1 aromatic heterocycles. The summed E-state index contributed by atoms with van der Waals surface area (Å²) in [5, 5.41) is 2.71. The van der Waals surface area contributed by atoms with E-state index in [-0.39, 0.29) is 17.8 Å². The Morgan fingerprint density at radius 2 is 2.04 bits per heavy atom. The highest BCUT2D eigenvalue weighted by atomic mass is 16.5. The molecule has 1 atom stereocenters. The molecule has 1 amide bonds. The molecule has 1 heterocycles. The number of amides is 1. The lowest BCUT2D eigenvalue weighted by Crippen LogP contribution is -2.35. The van der Waals surface area contributed by atoms with E-state index in [1.54, 1.807) is 13.2 Å². The number of rotatable bonds is 6. The maximum absolute atomic E-state index is 12.1. The van der Waals surface area contributed by atoms with Gasteiger partial charge >= 0.3 is 5.97 Å². The zero-order chi connectivity index (χ0) is 17.5. The molecule has 0 aliphatic carbocycles. The number of carbonyl (C=O) groups excluding carboxylic acids is 2. The van der Waals surface area contributed by atoms with Gasteiger partial charge in [0.05, 0.1) is 24.6 Å². The zero-order valence-electron chi connectivity index (χ0n) is 13.5. The van der Waals surface area contributed by atoms with E-state index in [9.17, 15) is 9.59 Å². The van der Waals surface area contributed by atoms with E-state index < -0.39 is 18.0 Å². The summed E-state index contributed by atoms with van der Waals surface area (Å²) in [6.45, 7) is 1.76. The van der Waals surface area contributed by atoms with E-state index in [2.05, 4.69) is 10.3 Å². The minimum absolute atomic E-state index is 0.175. The number of ether oxygens (including phenoxy) is 2. The number of nitrogens with two attached hydrogens (primary N) is 1.